The third-order valence-corrected chi connectivity index (χ3v) is 2.19. The minimum atomic E-state index is -4.50. The molecule has 0 bridgehead atoms. The molecule has 0 aliphatic rings. The lowest BCUT2D eigenvalue weighted by Gasteiger charge is -2.18. The summed E-state index contributed by atoms with van der Waals surface area (Å²) in [6.45, 7) is -2.52. The fourth-order valence-electron chi connectivity index (χ4n) is 1.16. The second-order valence-corrected chi connectivity index (χ2v) is 3.87. The van der Waals surface area contributed by atoms with Crippen LogP contribution in [0.1, 0.15) is 5.56 Å². The Labute approximate surface area is 112 Å². The Morgan fingerprint density at radius 3 is 1.89 bits per heavy atom. The van der Waals surface area contributed by atoms with Crippen LogP contribution in [-0.4, -0.2) is 19.3 Å². The predicted molar refractivity (Wildman–Crippen MR) is 61.5 cm³/mol. The molecule has 8 heteroatoms. The number of hydrogen-bond donors (Lipinski definition) is 1. The molecular weight excluding hydrogens is 300 g/mol. The van der Waals surface area contributed by atoms with Gasteiger partial charge in [0.2, 0.25) is 0 Å². The molecule has 0 aromatic heterocycles. The number of hydrogen-bond acceptors (Lipinski definition) is 1. The summed E-state index contributed by atoms with van der Waals surface area (Å²) in [6.07, 6.45) is -4.50. The largest absolute Gasteiger partial charge is 0.401 e. The second kappa shape index (κ2) is 6.54. The minimum absolute atomic E-state index is 0. The third kappa shape index (κ3) is 5.84. The second-order valence-electron chi connectivity index (χ2n) is 3.43. The highest BCUT2D eigenvalue weighted by Gasteiger charge is 2.33. The van der Waals surface area contributed by atoms with E-state index >= 15 is 0 Å². The molecule has 0 aliphatic heterocycles. The van der Waals surface area contributed by atoms with Crippen molar-refractivity contribution in [2.45, 2.75) is 12.1 Å². The van der Waals surface area contributed by atoms with Crippen LogP contribution in [0.3, 0.4) is 0 Å². The lowest BCUT2D eigenvalue weighted by molar-refractivity contribution is -0.128. The van der Waals surface area contributed by atoms with Crippen LogP contribution in [-0.2, 0) is 5.92 Å². The van der Waals surface area contributed by atoms with E-state index in [0.717, 1.165) is 12.1 Å². The van der Waals surface area contributed by atoms with E-state index in [4.69, 9.17) is 11.6 Å². The molecule has 0 atom stereocenters. The number of halogens is 7. The van der Waals surface area contributed by atoms with Crippen LogP contribution in [0.4, 0.5) is 22.0 Å². The van der Waals surface area contributed by atoms with Gasteiger partial charge in [0.25, 0.3) is 5.92 Å². The molecule has 0 saturated heterocycles. The van der Waals surface area contributed by atoms with Crippen LogP contribution in [0.15, 0.2) is 24.3 Å². The first-order chi connectivity index (χ1) is 7.71. The van der Waals surface area contributed by atoms with Gasteiger partial charge in [-0.1, -0.05) is 23.7 Å². The Morgan fingerprint density at radius 2 is 1.44 bits per heavy atom. The number of benzene rings is 1. The van der Waals surface area contributed by atoms with Crippen molar-refractivity contribution >= 4 is 24.0 Å². The quantitative estimate of drug-likeness (QED) is 0.829. The Kier molecular flexibility index (Phi) is 6.33. The Balaban J connectivity index is 0.00000289. The molecule has 1 aromatic carbocycles. The molecule has 1 rings (SSSR count). The average molecular weight is 310 g/mol. The summed E-state index contributed by atoms with van der Waals surface area (Å²) in [6, 6.07) is 4.68. The van der Waals surface area contributed by atoms with Crippen molar-refractivity contribution in [3.05, 3.63) is 34.9 Å². The molecule has 0 radical (unpaired) electrons. The first-order valence-corrected chi connectivity index (χ1v) is 5.00. The monoisotopic (exact) mass is 309 g/mol. The van der Waals surface area contributed by atoms with E-state index in [1.54, 1.807) is 5.32 Å². The summed E-state index contributed by atoms with van der Waals surface area (Å²) in [4.78, 5) is 0. The van der Waals surface area contributed by atoms with Gasteiger partial charge in [0.15, 0.2) is 0 Å². The summed E-state index contributed by atoms with van der Waals surface area (Å²) in [7, 11) is 0. The highest BCUT2D eigenvalue weighted by Crippen LogP contribution is 2.28. The summed E-state index contributed by atoms with van der Waals surface area (Å²) in [5.74, 6) is -3.37. The van der Waals surface area contributed by atoms with Crippen LogP contribution in [0.2, 0.25) is 5.02 Å². The van der Waals surface area contributed by atoms with Crippen molar-refractivity contribution in [1.82, 2.24) is 5.32 Å². The minimum Gasteiger partial charge on any atom is -0.303 e. The van der Waals surface area contributed by atoms with Gasteiger partial charge in [0.05, 0.1) is 13.1 Å². The van der Waals surface area contributed by atoms with E-state index in [1.807, 2.05) is 0 Å². The van der Waals surface area contributed by atoms with Crippen LogP contribution in [0.5, 0.6) is 0 Å². The predicted octanol–water partition coefficient (Wildman–Crippen LogP) is 4.01. The first kappa shape index (κ1) is 17.4. The van der Waals surface area contributed by atoms with Crippen molar-refractivity contribution in [2.24, 2.45) is 0 Å². The van der Waals surface area contributed by atoms with E-state index in [9.17, 15) is 22.0 Å². The van der Waals surface area contributed by atoms with Crippen LogP contribution >= 0.6 is 24.0 Å². The molecule has 0 heterocycles. The molecule has 1 nitrogen and oxygen atoms in total. The standard InChI is InChI=1S/C10H9ClF5N.ClH/c11-8-3-1-7(2-4-8)9(12,13)5-17-6-10(14,15)16;/h1-4,17H,5-6H2;1H. The van der Waals surface area contributed by atoms with Crippen LogP contribution in [0.25, 0.3) is 0 Å². The summed E-state index contributed by atoms with van der Waals surface area (Å²) in [5.41, 5.74) is -0.378. The molecule has 0 unspecified atom stereocenters. The van der Waals surface area contributed by atoms with Crippen LogP contribution < -0.4 is 5.32 Å². The fourth-order valence-corrected chi connectivity index (χ4v) is 1.28. The highest BCUT2D eigenvalue weighted by molar-refractivity contribution is 6.30. The molecular formula is C10H10Cl2F5N. The van der Waals surface area contributed by atoms with E-state index < -0.39 is 25.2 Å². The number of rotatable bonds is 4. The van der Waals surface area contributed by atoms with Gasteiger partial charge in [-0.05, 0) is 12.1 Å². The lowest BCUT2D eigenvalue weighted by atomic mass is 10.1. The van der Waals surface area contributed by atoms with Gasteiger partial charge in [-0.2, -0.15) is 22.0 Å². The van der Waals surface area contributed by atoms with Crippen molar-refractivity contribution in [2.75, 3.05) is 13.1 Å². The summed E-state index contributed by atoms with van der Waals surface area (Å²) in [5, 5.41) is 1.96. The topological polar surface area (TPSA) is 12.0 Å². The number of alkyl halides is 5. The molecule has 1 aromatic rings. The number of nitrogens with one attached hydrogen (secondary N) is 1. The normalized spacial score (nSPS) is 12.1. The fraction of sp³-hybridized carbons (Fsp3) is 0.400. The van der Waals surface area contributed by atoms with Gasteiger partial charge in [-0.3, -0.25) is 0 Å². The summed E-state index contributed by atoms with van der Waals surface area (Å²) >= 11 is 5.52. The SMILES string of the molecule is Cl.FC(F)(F)CNCC(F)(F)c1ccc(Cl)cc1. The van der Waals surface area contributed by atoms with Gasteiger partial charge in [-0.25, -0.2) is 0 Å². The molecule has 104 valence electrons. The maximum Gasteiger partial charge on any atom is 0.401 e. The van der Waals surface area contributed by atoms with E-state index in [1.165, 1.54) is 12.1 Å². The average Bonchev–Trinajstić information content (AvgIpc) is 2.15. The zero-order valence-corrected chi connectivity index (χ0v) is 10.5. The zero-order chi connectivity index (χ0) is 13.1. The molecule has 0 amide bonds. The molecule has 18 heavy (non-hydrogen) atoms. The van der Waals surface area contributed by atoms with Crippen molar-refractivity contribution in [1.29, 1.82) is 0 Å². The van der Waals surface area contributed by atoms with Crippen molar-refractivity contribution in [3.8, 4) is 0 Å². The first-order valence-electron chi connectivity index (χ1n) is 4.62. The Bertz CT molecular complexity index is 364. The Hall–Kier alpha value is -0.590. The Morgan fingerprint density at radius 1 is 0.944 bits per heavy atom. The van der Waals surface area contributed by atoms with E-state index in [2.05, 4.69) is 0 Å². The maximum absolute atomic E-state index is 13.4. The van der Waals surface area contributed by atoms with Gasteiger partial charge in [0, 0.05) is 10.6 Å². The zero-order valence-electron chi connectivity index (χ0n) is 8.90. The van der Waals surface area contributed by atoms with Gasteiger partial charge in [0.1, 0.15) is 0 Å². The smallest absolute Gasteiger partial charge is 0.303 e. The van der Waals surface area contributed by atoms with E-state index in [-0.39, 0.29) is 23.0 Å². The van der Waals surface area contributed by atoms with Gasteiger partial charge in [-0.15, -0.1) is 12.4 Å². The molecule has 0 spiro atoms. The van der Waals surface area contributed by atoms with Crippen molar-refractivity contribution < 1.29 is 22.0 Å². The maximum atomic E-state index is 13.4. The van der Waals surface area contributed by atoms with Gasteiger partial charge >= 0.3 is 6.18 Å². The lowest BCUT2D eigenvalue weighted by Crippen LogP contribution is -2.36. The third-order valence-electron chi connectivity index (χ3n) is 1.94. The van der Waals surface area contributed by atoms with Gasteiger partial charge < -0.3 is 5.32 Å². The molecule has 0 fully saturated rings. The van der Waals surface area contributed by atoms with E-state index in [0.29, 0.717) is 0 Å². The molecule has 1 N–H and O–H groups in total. The molecule has 0 saturated carbocycles. The van der Waals surface area contributed by atoms with Crippen LogP contribution in [0, 0.1) is 0 Å². The highest BCUT2D eigenvalue weighted by atomic mass is 35.5. The molecule has 0 aliphatic carbocycles. The summed E-state index contributed by atoms with van der Waals surface area (Å²) < 4.78 is 62.1. The van der Waals surface area contributed by atoms with Crippen molar-refractivity contribution in [3.63, 3.8) is 0 Å².